The fourth-order valence-electron chi connectivity index (χ4n) is 13.7. The van der Waals surface area contributed by atoms with Crippen LogP contribution >= 0.6 is 68.4 Å². The molecule has 2 nitrogen and oxygen atoms in total. The topological polar surface area (TPSA) is 25.8 Å². The molecule has 0 N–H and O–H groups in total. The Balaban J connectivity index is 1.23. The summed E-state index contributed by atoms with van der Waals surface area (Å²) in [5, 5.41) is 6.23. The van der Waals surface area contributed by atoms with Crippen LogP contribution < -0.4 is 20.7 Å². The maximum Gasteiger partial charge on any atom is 0.170 e. The van der Waals surface area contributed by atoms with Crippen LogP contribution in [0.5, 0.6) is 0 Å². The highest BCUT2D eigenvalue weighted by molar-refractivity contribution is 7.33. The van der Waals surface area contributed by atoms with Gasteiger partial charge in [0.2, 0.25) is 0 Å². The van der Waals surface area contributed by atoms with Crippen molar-refractivity contribution < 1.29 is 8.78 Å². The Morgan fingerprint density at radius 3 is 1.12 bits per heavy atom. The molecule has 2 aliphatic rings. The molecule has 4 unspecified atom stereocenters. The highest BCUT2D eigenvalue weighted by Crippen LogP contribution is 2.54. The first kappa shape index (κ1) is 60.4. The number of benzene rings is 1. The minimum absolute atomic E-state index is 0.0227. The third kappa shape index (κ3) is 11.5. The average molecular weight is 1200 g/mol. The number of hydrogen-bond acceptors (Lipinski definition) is 8. The van der Waals surface area contributed by atoms with Gasteiger partial charge in [-0.05, 0) is 116 Å². The van der Waals surface area contributed by atoms with Gasteiger partial charge < -0.3 is 0 Å². The van der Waals surface area contributed by atoms with E-state index in [1.807, 2.05) is 34.0 Å². The van der Waals surface area contributed by atoms with E-state index in [1.165, 1.54) is 176 Å². The van der Waals surface area contributed by atoms with Crippen molar-refractivity contribution in [3.63, 3.8) is 0 Å². The fourth-order valence-corrected chi connectivity index (χ4v) is 36.4. The van der Waals surface area contributed by atoms with Crippen LogP contribution in [-0.4, -0.2) is 24.9 Å². The van der Waals surface area contributed by atoms with E-state index in [0.717, 1.165) is 21.5 Å². The Hall–Kier alpha value is -2.17. The molecule has 6 aromatic heterocycles. The maximum absolute atomic E-state index is 18.1. The summed E-state index contributed by atoms with van der Waals surface area (Å²) < 4.78 is 46.2. The number of hydrogen-bond donors (Lipinski definition) is 0. The molecular weight excluding hydrogens is 1110 g/mol. The number of fused-ring (bicyclic) bond motifs is 7. The Kier molecular flexibility index (Phi) is 19.3. The lowest BCUT2D eigenvalue weighted by Crippen LogP contribution is -2.56. The zero-order chi connectivity index (χ0) is 55.9. The van der Waals surface area contributed by atoms with Crippen molar-refractivity contribution in [3.05, 3.63) is 57.8 Å². The van der Waals surface area contributed by atoms with Crippen molar-refractivity contribution >= 4 is 116 Å². The SMILES string of the molecule is CCCCC(CC)C[Si]1(CC(CC)CCCC)c2cc(-c3ccc(C(C)(C)C)s3)sc2-c2sc(-c3c(F)c(F)c(-c4cc5c(s4)-c4sc(C(C)(C)C)cc4[Si]5(CC(CC)CCCC)CC(CC)CCCC)c4nsnc34)cc21. The first-order valence-corrected chi connectivity index (χ1v) is 40.3. The molecular formula is C66H92F2N2S6Si2. The number of aromatic nitrogens is 2. The van der Waals surface area contributed by atoms with Gasteiger partial charge >= 0.3 is 0 Å². The van der Waals surface area contributed by atoms with Crippen LogP contribution in [0.25, 0.3) is 61.2 Å². The van der Waals surface area contributed by atoms with Crippen LogP contribution in [-0.2, 0) is 10.8 Å². The molecule has 4 atom stereocenters. The molecule has 7 aromatic rings. The van der Waals surface area contributed by atoms with Crippen molar-refractivity contribution in [2.24, 2.45) is 23.7 Å². The maximum atomic E-state index is 18.1. The second kappa shape index (κ2) is 25.0. The normalized spacial score (nSPS) is 18.7. The van der Waals surface area contributed by atoms with E-state index in [2.05, 4.69) is 133 Å². The van der Waals surface area contributed by atoms with E-state index in [4.69, 9.17) is 8.75 Å². The average Bonchev–Trinajstić information content (AvgIpc) is 4.47. The van der Waals surface area contributed by atoms with Crippen LogP contribution in [0.3, 0.4) is 0 Å². The minimum Gasteiger partial charge on any atom is -0.203 e. The number of rotatable bonds is 27. The molecule has 0 aliphatic carbocycles. The smallest absolute Gasteiger partial charge is 0.170 e. The number of unbranched alkanes of at least 4 members (excludes halogenated alkanes) is 4. The molecule has 424 valence electrons. The molecule has 0 amide bonds. The zero-order valence-electron chi connectivity index (χ0n) is 50.0. The van der Waals surface area contributed by atoms with Gasteiger partial charge in [0.25, 0.3) is 0 Å². The number of thiophene rings is 5. The standard InChI is InChI=1S/C66H92F2N2S6Si2/c1-15-23-27-41(19-5)37-77(38-42(20-6)28-24-16-2)49-33-46(45-31-32-53(71-45)65(9,10)11)72-61(49)62-50(77)34-47(73-62)55-57(67)58(68)56(60-59(55)69-76-70-60)48-35-51-63(74-48)64-52(36-54(75-64)66(12,13)14)78(51,39-43(21-7)29-25-17-3)40-44(22-8)30-26-18-4/h31-36,41-44H,15-30,37-40H2,1-14H3. The molecule has 0 bridgehead atoms. The highest BCUT2D eigenvalue weighted by atomic mass is 32.1. The van der Waals surface area contributed by atoms with Gasteiger partial charge in [0.15, 0.2) is 11.6 Å². The first-order valence-electron chi connectivity index (χ1n) is 30.7. The van der Waals surface area contributed by atoms with Crippen molar-refractivity contribution in [1.82, 2.24) is 8.75 Å². The summed E-state index contributed by atoms with van der Waals surface area (Å²) in [5.41, 5.74) is 1.78. The monoisotopic (exact) mass is 1200 g/mol. The second-order valence-corrected chi connectivity index (χ2v) is 40.0. The van der Waals surface area contributed by atoms with E-state index in [9.17, 15) is 0 Å². The quantitative estimate of drug-likeness (QED) is 0.0480. The predicted octanol–water partition coefficient (Wildman–Crippen LogP) is 21.8. The van der Waals surface area contributed by atoms with Crippen LogP contribution in [0.4, 0.5) is 8.78 Å². The second-order valence-electron chi connectivity index (χ2n) is 26.1. The molecule has 9 rings (SSSR count). The third-order valence-electron chi connectivity index (χ3n) is 18.5. The van der Waals surface area contributed by atoms with E-state index in [-0.39, 0.29) is 10.8 Å². The lowest BCUT2D eigenvalue weighted by Gasteiger charge is -2.36. The molecule has 2 aliphatic heterocycles. The van der Waals surface area contributed by atoms with Crippen molar-refractivity contribution in [2.75, 3.05) is 0 Å². The van der Waals surface area contributed by atoms with Gasteiger partial charge in [-0.15, -0.1) is 56.7 Å². The van der Waals surface area contributed by atoms with Crippen LogP contribution in [0.2, 0.25) is 24.2 Å². The Morgan fingerprint density at radius 2 is 0.769 bits per heavy atom. The van der Waals surface area contributed by atoms with Crippen LogP contribution in [0.15, 0.2) is 36.4 Å². The number of halogens is 2. The van der Waals surface area contributed by atoms with Crippen LogP contribution in [0.1, 0.15) is 209 Å². The summed E-state index contributed by atoms with van der Waals surface area (Å²) in [6, 6.07) is 19.6. The van der Waals surface area contributed by atoms with Crippen LogP contribution in [0, 0.1) is 35.3 Å². The van der Waals surface area contributed by atoms with Gasteiger partial charge in [0, 0.05) is 48.8 Å². The highest BCUT2D eigenvalue weighted by Gasteiger charge is 2.52. The molecule has 1 aromatic carbocycles. The Bertz CT molecular complexity index is 3110. The first-order chi connectivity index (χ1) is 37.3. The van der Waals surface area contributed by atoms with E-state index < -0.39 is 27.8 Å². The molecule has 0 radical (unpaired) electrons. The van der Waals surface area contributed by atoms with Gasteiger partial charge in [-0.1, -0.05) is 200 Å². The lowest BCUT2D eigenvalue weighted by molar-refractivity contribution is 0.469. The molecule has 0 saturated heterocycles. The van der Waals surface area contributed by atoms with Crippen molar-refractivity contribution in [3.8, 4) is 50.1 Å². The summed E-state index contributed by atoms with van der Waals surface area (Å²) >= 11 is 10.4. The summed E-state index contributed by atoms with van der Waals surface area (Å²) in [5.74, 6) is 0.996. The molecule has 0 spiro atoms. The summed E-state index contributed by atoms with van der Waals surface area (Å²) in [4.78, 5) is 12.7. The Labute approximate surface area is 496 Å². The van der Waals surface area contributed by atoms with Gasteiger partial charge in [0.05, 0.1) is 22.9 Å². The summed E-state index contributed by atoms with van der Waals surface area (Å²) in [6.07, 6.45) is 19.5. The summed E-state index contributed by atoms with van der Waals surface area (Å²) in [6.45, 7) is 33.0. The van der Waals surface area contributed by atoms with Gasteiger partial charge in [-0.2, -0.15) is 8.75 Å². The Morgan fingerprint density at radius 1 is 0.423 bits per heavy atom. The third-order valence-corrected chi connectivity index (χ3v) is 37.6. The van der Waals surface area contributed by atoms with Gasteiger partial charge in [-0.25, -0.2) is 8.78 Å². The largest absolute Gasteiger partial charge is 0.203 e. The van der Waals surface area contributed by atoms with E-state index in [1.54, 1.807) is 33.0 Å². The van der Waals surface area contributed by atoms with Crippen molar-refractivity contribution in [2.45, 2.75) is 235 Å². The van der Waals surface area contributed by atoms with E-state index >= 15 is 8.78 Å². The van der Waals surface area contributed by atoms with E-state index in [0.29, 0.717) is 45.8 Å². The fraction of sp³-hybridized carbons (Fsp3) is 0.606. The molecule has 8 heterocycles. The zero-order valence-corrected chi connectivity index (χ0v) is 56.9. The summed E-state index contributed by atoms with van der Waals surface area (Å²) in [7, 11) is -4.85. The lowest BCUT2D eigenvalue weighted by atomic mass is 9.95. The van der Waals surface area contributed by atoms with Gasteiger partial charge in [0.1, 0.15) is 27.2 Å². The van der Waals surface area contributed by atoms with Gasteiger partial charge in [-0.3, -0.25) is 0 Å². The predicted molar refractivity (Wildman–Crippen MR) is 354 cm³/mol. The molecule has 0 fully saturated rings. The molecule has 0 saturated carbocycles. The number of nitrogens with zero attached hydrogens (tertiary/aromatic N) is 2. The molecule has 78 heavy (non-hydrogen) atoms. The molecule has 12 heteroatoms. The minimum atomic E-state index is -2.46. The van der Waals surface area contributed by atoms with Crippen molar-refractivity contribution in [1.29, 1.82) is 0 Å².